The van der Waals surface area contributed by atoms with E-state index >= 15 is 0 Å². The Morgan fingerprint density at radius 3 is 2.80 bits per heavy atom. The van der Waals surface area contributed by atoms with E-state index in [-0.39, 0.29) is 0 Å². The van der Waals surface area contributed by atoms with Gasteiger partial charge in [-0.3, -0.25) is 0 Å². The van der Waals surface area contributed by atoms with Gasteiger partial charge in [0.05, 0.1) is 16.9 Å². The number of halogens is 1. The van der Waals surface area contributed by atoms with E-state index in [0.29, 0.717) is 11.6 Å². The smallest absolute Gasteiger partial charge is 0.225 e. The Bertz CT molecular complexity index is 474. The molecule has 1 aromatic heterocycles. The van der Waals surface area contributed by atoms with E-state index in [1.165, 1.54) is 19.3 Å². The van der Waals surface area contributed by atoms with Crippen molar-refractivity contribution in [2.75, 3.05) is 24.6 Å². The number of aliphatic hydroxyl groups excluding tert-OH is 1. The zero-order valence-corrected chi connectivity index (χ0v) is 12.7. The molecule has 1 saturated carbocycles. The third kappa shape index (κ3) is 2.91. The van der Waals surface area contributed by atoms with Crippen LogP contribution in [0.3, 0.4) is 0 Å². The fourth-order valence-electron chi connectivity index (χ4n) is 3.47. The molecule has 0 radical (unpaired) electrons. The Kier molecular flexibility index (Phi) is 4.13. The molecule has 3 rings (SSSR count). The van der Waals surface area contributed by atoms with Gasteiger partial charge in [-0.05, 0) is 50.4 Å². The van der Waals surface area contributed by atoms with E-state index in [0.717, 1.165) is 48.9 Å². The fourth-order valence-corrected chi connectivity index (χ4v) is 3.56. The number of piperidine rings is 1. The van der Waals surface area contributed by atoms with Crippen molar-refractivity contribution in [2.45, 2.75) is 32.6 Å². The molecule has 0 spiro atoms. The molecule has 1 aliphatic heterocycles. The lowest BCUT2D eigenvalue weighted by Gasteiger charge is -2.32. The highest BCUT2D eigenvalue weighted by Crippen LogP contribution is 2.49. The van der Waals surface area contributed by atoms with Crippen LogP contribution in [0.1, 0.15) is 31.4 Å². The standard InChI is InChI=1S/C15H22ClN3O/c1-10-14(16)9-17-15(18-10)19-5-2-11(3-6-19)13-8-12(13)4-7-20/h9,11-13,20H,2-8H2,1H3. The summed E-state index contributed by atoms with van der Waals surface area (Å²) >= 11 is 5.97. The Morgan fingerprint density at radius 1 is 1.40 bits per heavy atom. The van der Waals surface area contributed by atoms with Gasteiger partial charge in [-0.1, -0.05) is 11.6 Å². The highest BCUT2D eigenvalue weighted by atomic mass is 35.5. The predicted molar refractivity (Wildman–Crippen MR) is 80.0 cm³/mol. The first-order chi connectivity index (χ1) is 9.69. The molecule has 5 heteroatoms. The van der Waals surface area contributed by atoms with E-state index < -0.39 is 0 Å². The van der Waals surface area contributed by atoms with Gasteiger partial charge in [0.2, 0.25) is 5.95 Å². The third-order valence-electron chi connectivity index (χ3n) is 4.81. The van der Waals surface area contributed by atoms with Crippen molar-refractivity contribution in [3.05, 3.63) is 16.9 Å². The van der Waals surface area contributed by atoms with Crippen molar-refractivity contribution in [1.82, 2.24) is 9.97 Å². The Balaban J connectivity index is 1.55. The largest absolute Gasteiger partial charge is 0.396 e. The minimum Gasteiger partial charge on any atom is -0.396 e. The number of hydrogen-bond donors (Lipinski definition) is 1. The summed E-state index contributed by atoms with van der Waals surface area (Å²) in [5.41, 5.74) is 0.851. The number of aryl methyl sites for hydroxylation is 1. The van der Waals surface area contributed by atoms with E-state index in [1.54, 1.807) is 6.20 Å². The first-order valence-corrected chi connectivity index (χ1v) is 7.91. The third-order valence-corrected chi connectivity index (χ3v) is 5.18. The van der Waals surface area contributed by atoms with Gasteiger partial charge in [-0.25, -0.2) is 9.97 Å². The SMILES string of the molecule is Cc1nc(N2CCC(C3CC3CCO)CC2)ncc1Cl. The van der Waals surface area contributed by atoms with Gasteiger partial charge in [0.1, 0.15) is 0 Å². The second-order valence-electron chi connectivity index (χ2n) is 6.10. The van der Waals surface area contributed by atoms with Crippen LogP contribution in [0.15, 0.2) is 6.20 Å². The average Bonchev–Trinajstić information content (AvgIpc) is 3.22. The average molecular weight is 296 g/mol. The molecule has 2 atom stereocenters. The molecule has 1 saturated heterocycles. The highest BCUT2D eigenvalue weighted by molar-refractivity contribution is 6.31. The van der Waals surface area contributed by atoms with Gasteiger partial charge < -0.3 is 10.0 Å². The molecule has 0 bridgehead atoms. The molecule has 0 aromatic carbocycles. The molecule has 2 heterocycles. The van der Waals surface area contributed by atoms with Crippen LogP contribution in [-0.4, -0.2) is 34.8 Å². The van der Waals surface area contributed by atoms with Crippen molar-refractivity contribution in [1.29, 1.82) is 0 Å². The minimum absolute atomic E-state index is 0.345. The molecule has 110 valence electrons. The maximum Gasteiger partial charge on any atom is 0.225 e. The minimum atomic E-state index is 0.345. The molecule has 2 fully saturated rings. The van der Waals surface area contributed by atoms with Crippen LogP contribution in [0.4, 0.5) is 5.95 Å². The Morgan fingerprint density at radius 2 is 2.15 bits per heavy atom. The maximum atomic E-state index is 9.00. The summed E-state index contributed by atoms with van der Waals surface area (Å²) in [4.78, 5) is 11.1. The van der Waals surface area contributed by atoms with E-state index in [2.05, 4.69) is 14.9 Å². The van der Waals surface area contributed by atoms with E-state index in [9.17, 15) is 0 Å². The van der Waals surface area contributed by atoms with Crippen LogP contribution in [0.25, 0.3) is 0 Å². The van der Waals surface area contributed by atoms with Crippen molar-refractivity contribution in [2.24, 2.45) is 17.8 Å². The van der Waals surface area contributed by atoms with Crippen LogP contribution in [-0.2, 0) is 0 Å². The predicted octanol–water partition coefficient (Wildman–Crippen LogP) is 2.67. The topological polar surface area (TPSA) is 49.2 Å². The van der Waals surface area contributed by atoms with Gasteiger partial charge in [0.15, 0.2) is 0 Å². The monoisotopic (exact) mass is 295 g/mol. The lowest BCUT2D eigenvalue weighted by Crippen LogP contribution is -2.35. The van der Waals surface area contributed by atoms with Gasteiger partial charge in [-0.2, -0.15) is 0 Å². The molecule has 1 aliphatic carbocycles. The quantitative estimate of drug-likeness (QED) is 0.928. The summed E-state index contributed by atoms with van der Waals surface area (Å²) in [5, 5.41) is 9.63. The van der Waals surface area contributed by atoms with Crippen LogP contribution in [0.2, 0.25) is 5.02 Å². The summed E-state index contributed by atoms with van der Waals surface area (Å²) in [5.74, 6) is 3.28. The second-order valence-corrected chi connectivity index (χ2v) is 6.51. The number of aromatic nitrogens is 2. The fraction of sp³-hybridized carbons (Fsp3) is 0.733. The molecular formula is C15H22ClN3O. The Hall–Kier alpha value is -0.870. The van der Waals surface area contributed by atoms with Gasteiger partial charge >= 0.3 is 0 Å². The second kappa shape index (κ2) is 5.86. The molecular weight excluding hydrogens is 274 g/mol. The number of nitrogens with zero attached hydrogens (tertiary/aromatic N) is 3. The summed E-state index contributed by atoms with van der Waals surface area (Å²) in [6.45, 7) is 4.34. The van der Waals surface area contributed by atoms with Crippen LogP contribution >= 0.6 is 11.6 Å². The zero-order valence-electron chi connectivity index (χ0n) is 11.9. The summed E-state index contributed by atoms with van der Waals surface area (Å²) < 4.78 is 0. The van der Waals surface area contributed by atoms with Crippen LogP contribution in [0.5, 0.6) is 0 Å². The van der Waals surface area contributed by atoms with Crippen LogP contribution < -0.4 is 4.90 Å². The molecule has 0 amide bonds. The summed E-state index contributed by atoms with van der Waals surface area (Å²) in [7, 11) is 0. The normalized spacial score (nSPS) is 26.9. The molecule has 4 nitrogen and oxygen atoms in total. The molecule has 20 heavy (non-hydrogen) atoms. The number of rotatable bonds is 4. The van der Waals surface area contributed by atoms with Crippen molar-refractivity contribution >= 4 is 17.5 Å². The highest BCUT2D eigenvalue weighted by Gasteiger charge is 2.42. The summed E-state index contributed by atoms with van der Waals surface area (Å²) in [6.07, 6.45) is 6.45. The van der Waals surface area contributed by atoms with Gasteiger partial charge in [0.25, 0.3) is 0 Å². The van der Waals surface area contributed by atoms with Crippen molar-refractivity contribution < 1.29 is 5.11 Å². The molecule has 2 unspecified atom stereocenters. The lowest BCUT2D eigenvalue weighted by molar-refractivity contribution is 0.266. The lowest BCUT2D eigenvalue weighted by atomic mass is 9.90. The number of aliphatic hydroxyl groups is 1. The van der Waals surface area contributed by atoms with Crippen LogP contribution in [0, 0.1) is 24.7 Å². The van der Waals surface area contributed by atoms with Gasteiger partial charge in [0, 0.05) is 19.7 Å². The first kappa shape index (κ1) is 14.1. The molecule has 1 N–H and O–H groups in total. The molecule has 2 aliphatic rings. The van der Waals surface area contributed by atoms with E-state index in [1.807, 2.05) is 6.92 Å². The summed E-state index contributed by atoms with van der Waals surface area (Å²) in [6, 6.07) is 0. The zero-order chi connectivity index (χ0) is 14.1. The number of hydrogen-bond acceptors (Lipinski definition) is 4. The Labute approximate surface area is 125 Å². The van der Waals surface area contributed by atoms with Gasteiger partial charge in [-0.15, -0.1) is 0 Å². The maximum absolute atomic E-state index is 9.00. The number of anilines is 1. The van der Waals surface area contributed by atoms with Crippen molar-refractivity contribution in [3.63, 3.8) is 0 Å². The first-order valence-electron chi connectivity index (χ1n) is 7.54. The van der Waals surface area contributed by atoms with E-state index in [4.69, 9.17) is 16.7 Å². The molecule has 1 aromatic rings. The van der Waals surface area contributed by atoms with Crippen molar-refractivity contribution in [3.8, 4) is 0 Å².